The van der Waals surface area contributed by atoms with Gasteiger partial charge in [-0.05, 0) is 20.8 Å². The molecule has 20 heavy (non-hydrogen) atoms. The van der Waals surface area contributed by atoms with Gasteiger partial charge in [0.2, 0.25) is 0 Å². The van der Waals surface area contributed by atoms with Crippen molar-refractivity contribution in [2.75, 3.05) is 33.3 Å². The average molecular weight is 307 g/mol. The topological polar surface area (TPSA) is 67.9 Å². The maximum atomic E-state index is 12.1. The molecular formula is C13H23ClN2O4. The first kappa shape index (κ1) is 17.0. The van der Waals surface area contributed by atoms with Gasteiger partial charge in [-0.3, -0.25) is 4.79 Å². The summed E-state index contributed by atoms with van der Waals surface area (Å²) in [6.45, 7) is 7.69. The van der Waals surface area contributed by atoms with Crippen molar-refractivity contribution >= 4 is 24.5 Å². The number of fused-ring (bicyclic) bond motifs is 1. The Morgan fingerprint density at radius 2 is 2.00 bits per heavy atom. The molecule has 6 nitrogen and oxygen atoms in total. The fourth-order valence-corrected chi connectivity index (χ4v) is 2.88. The maximum absolute atomic E-state index is 12.1. The van der Waals surface area contributed by atoms with Gasteiger partial charge in [0.05, 0.1) is 7.11 Å². The molecule has 0 radical (unpaired) electrons. The van der Waals surface area contributed by atoms with E-state index < -0.39 is 11.0 Å². The van der Waals surface area contributed by atoms with E-state index in [-0.39, 0.29) is 30.4 Å². The number of hydrogen-bond acceptors (Lipinski definition) is 5. The monoisotopic (exact) mass is 306 g/mol. The number of methoxy groups -OCH3 is 1. The van der Waals surface area contributed by atoms with E-state index in [0.717, 1.165) is 6.54 Å². The third-order valence-electron chi connectivity index (χ3n) is 3.77. The largest absolute Gasteiger partial charge is 0.468 e. The van der Waals surface area contributed by atoms with Gasteiger partial charge in [-0.2, -0.15) is 0 Å². The summed E-state index contributed by atoms with van der Waals surface area (Å²) in [4.78, 5) is 25.7. The predicted octanol–water partition coefficient (Wildman–Crippen LogP) is 1.04. The van der Waals surface area contributed by atoms with Gasteiger partial charge in [-0.15, -0.1) is 12.4 Å². The van der Waals surface area contributed by atoms with Crippen molar-refractivity contribution in [3.05, 3.63) is 0 Å². The highest BCUT2D eigenvalue weighted by Crippen LogP contribution is 2.40. The van der Waals surface area contributed by atoms with Crippen LogP contribution in [0, 0.1) is 11.3 Å². The first-order valence-corrected chi connectivity index (χ1v) is 6.55. The van der Waals surface area contributed by atoms with E-state index >= 15 is 0 Å². The number of halogens is 1. The molecule has 2 atom stereocenters. The number of hydrogen-bond donors (Lipinski definition) is 1. The van der Waals surface area contributed by atoms with Crippen LogP contribution in [0.4, 0.5) is 4.79 Å². The van der Waals surface area contributed by atoms with Crippen molar-refractivity contribution in [3.8, 4) is 0 Å². The summed E-state index contributed by atoms with van der Waals surface area (Å²) in [5, 5.41) is 3.21. The Balaban J connectivity index is 0.00000200. The lowest BCUT2D eigenvalue weighted by molar-refractivity contribution is -0.152. The van der Waals surface area contributed by atoms with Crippen molar-refractivity contribution in [3.63, 3.8) is 0 Å². The minimum absolute atomic E-state index is 0. The SMILES string of the molecule is COC(=O)C12CNCC1CN(C(=O)OC(C)(C)C)C2.Cl. The van der Waals surface area contributed by atoms with Crippen molar-refractivity contribution in [2.45, 2.75) is 26.4 Å². The lowest BCUT2D eigenvalue weighted by Gasteiger charge is -2.26. The molecule has 0 aromatic carbocycles. The van der Waals surface area contributed by atoms with E-state index in [1.165, 1.54) is 7.11 Å². The van der Waals surface area contributed by atoms with Gasteiger partial charge < -0.3 is 19.7 Å². The molecular weight excluding hydrogens is 284 g/mol. The number of rotatable bonds is 1. The second-order valence-corrected chi connectivity index (χ2v) is 6.34. The highest BCUT2D eigenvalue weighted by atomic mass is 35.5. The molecule has 0 aromatic heterocycles. The number of nitrogens with one attached hydrogen (secondary N) is 1. The van der Waals surface area contributed by atoms with Crippen LogP contribution in [0.5, 0.6) is 0 Å². The zero-order valence-corrected chi connectivity index (χ0v) is 13.2. The van der Waals surface area contributed by atoms with E-state index in [9.17, 15) is 9.59 Å². The summed E-state index contributed by atoms with van der Waals surface area (Å²) in [6.07, 6.45) is -0.356. The van der Waals surface area contributed by atoms with Gasteiger partial charge in [0.25, 0.3) is 0 Å². The average Bonchev–Trinajstić information content (AvgIpc) is 2.82. The maximum Gasteiger partial charge on any atom is 0.410 e. The first-order chi connectivity index (χ1) is 8.78. The quantitative estimate of drug-likeness (QED) is 0.733. The molecule has 2 unspecified atom stereocenters. The van der Waals surface area contributed by atoms with E-state index in [4.69, 9.17) is 9.47 Å². The van der Waals surface area contributed by atoms with Gasteiger partial charge >= 0.3 is 12.1 Å². The molecule has 2 aliphatic rings. The van der Waals surface area contributed by atoms with Crippen molar-refractivity contribution in [1.29, 1.82) is 0 Å². The smallest absolute Gasteiger partial charge is 0.410 e. The van der Waals surface area contributed by atoms with Crippen LogP contribution >= 0.6 is 12.4 Å². The van der Waals surface area contributed by atoms with Crippen LogP contribution in [0.3, 0.4) is 0 Å². The molecule has 0 bridgehead atoms. The lowest BCUT2D eigenvalue weighted by Crippen LogP contribution is -2.43. The van der Waals surface area contributed by atoms with Gasteiger partial charge in [-0.25, -0.2) is 4.79 Å². The van der Waals surface area contributed by atoms with E-state index in [2.05, 4.69) is 5.32 Å². The Hall–Kier alpha value is -1.01. The molecule has 1 N–H and O–H groups in total. The highest BCUT2D eigenvalue weighted by Gasteiger charge is 2.57. The van der Waals surface area contributed by atoms with Crippen LogP contribution in [-0.2, 0) is 14.3 Å². The highest BCUT2D eigenvalue weighted by molar-refractivity contribution is 5.85. The van der Waals surface area contributed by atoms with Crippen LogP contribution in [0.25, 0.3) is 0 Å². The second kappa shape index (κ2) is 5.77. The molecule has 2 rings (SSSR count). The number of carbonyl (C=O) groups is 2. The number of nitrogens with zero attached hydrogens (tertiary/aromatic N) is 1. The van der Waals surface area contributed by atoms with Crippen molar-refractivity contribution in [1.82, 2.24) is 10.2 Å². The summed E-state index contributed by atoms with van der Waals surface area (Å²) >= 11 is 0. The molecule has 2 aliphatic heterocycles. The van der Waals surface area contributed by atoms with Crippen LogP contribution < -0.4 is 5.32 Å². The minimum Gasteiger partial charge on any atom is -0.468 e. The molecule has 7 heteroatoms. The Kier molecular flexibility index (Phi) is 4.92. The fourth-order valence-electron chi connectivity index (χ4n) is 2.88. The molecule has 2 heterocycles. The number of amides is 1. The molecule has 2 fully saturated rings. The molecule has 0 aromatic rings. The van der Waals surface area contributed by atoms with Gasteiger partial charge in [0, 0.05) is 32.1 Å². The number of carbonyl (C=O) groups excluding carboxylic acids is 2. The van der Waals surface area contributed by atoms with Crippen LogP contribution in [0.15, 0.2) is 0 Å². The normalized spacial score (nSPS) is 28.6. The Bertz CT molecular complexity index is 396. The molecule has 116 valence electrons. The van der Waals surface area contributed by atoms with E-state index in [1.54, 1.807) is 4.90 Å². The zero-order chi connectivity index (χ0) is 14.3. The van der Waals surface area contributed by atoms with Gasteiger partial charge in [0.1, 0.15) is 11.0 Å². The zero-order valence-electron chi connectivity index (χ0n) is 12.4. The summed E-state index contributed by atoms with van der Waals surface area (Å²) < 4.78 is 10.3. The van der Waals surface area contributed by atoms with Crippen LogP contribution in [-0.4, -0.2) is 55.9 Å². The Morgan fingerprint density at radius 3 is 2.55 bits per heavy atom. The summed E-state index contributed by atoms with van der Waals surface area (Å²) in [5.74, 6) is -0.138. The number of esters is 1. The molecule has 1 amide bonds. The molecule has 2 saturated heterocycles. The van der Waals surface area contributed by atoms with E-state index in [0.29, 0.717) is 19.6 Å². The van der Waals surface area contributed by atoms with E-state index in [1.807, 2.05) is 20.8 Å². The Morgan fingerprint density at radius 1 is 1.35 bits per heavy atom. The molecule has 0 saturated carbocycles. The second-order valence-electron chi connectivity index (χ2n) is 6.34. The number of ether oxygens (including phenoxy) is 2. The summed E-state index contributed by atoms with van der Waals surface area (Å²) in [6, 6.07) is 0. The first-order valence-electron chi connectivity index (χ1n) is 6.55. The van der Waals surface area contributed by atoms with Crippen molar-refractivity contribution in [2.24, 2.45) is 11.3 Å². The third kappa shape index (κ3) is 3.01. The van der Waals surface area contributed by atoms with Gasteiger partial charge in [0.15, 0.2) is 0 Å². The summed E-state index contributed by atoms with van der Waals surface area (Å²) in [7, 11) is 1.39. The van der Waals surface area contributed by atoms with Gasteiger partial charge in [-0.1, -0.05) is 0 Å². The molecule has 0 spiro atoms. The third-order valence-corrected chi connectivity index (χ3v) is 3.77. The van der Waals surface area contributed by atoms with Crippen molar-refractivity contribution < 1.29 is 19.1 Å². The predicted molar refractivity (Wildman–Crippen MR) is 75.9 cm³/mol. The summed E-state index contributed by atoms with van der Waals surface area (Å²) in [5.41, 5.74) is -1.13. The minimum atomic E-state index is -0.606. The standard InChI is InChI=1S/C13H22N2O4.ClH/c1-12(2,3)19-11(17)15-6-9-5-14-7-13(9,8-15)10(16)18-4;/h9,14H,5-8H2,1-4H3;1H. The Labute approximate surface area is 125 Å². The van der Waals surface area contributed by atoms with Crippen LogP contribution in [0.1, 0.15) is 20.8 Å². The lowest BCUT2D eigenvalue weighted by atomic mass is 9.81. The number of likely N-dealkylation sites (tertiary alicyclic amines) is 1. The van der Waals surface area contributed by atoms with Crippen LogP contribution in [0.2, 0.25) is 0 Å². The molecule has 0 aliphatic carbocycles. The fraction of sp³-hybridized carbons (Fsp3) is 0.846.